The number of carbonyl (C=O) groups is 3. The summed E-state index contributed by atoms with van der Waals surface area (Å²) in [5.74, 6) is -0.201. The van der Waals surface area contributed by atoms with Crippen molar-refractivity contribution in [3.8, 4) is 0 Å². The van der Waals surface area contributed by atoms with Gasteiger partial charge in [0.1, 0.15) is 0 Å². The van der Waals surface area contributed by atoms with Gasteiger partial charge in [0.25, 0.3) is 17.7 Å². The minimum Gasteiger partial charge on any atom is -0.321 e. The van der Waals surface area contributed by atoms with Crippen molar-refractivity contribution in [2.45, 2.75) is 11.8 Å². The number of imide groups is 1. The van der Waals surface area contributed by atoms with Crippen molar-refractivity contribution in [3.05, 3.63) is 59.2 Å². The second-order valence-corrected chi connectivity index (χ2v) is 6.59. The fourth-order valence-electron chi connectivity index (χ4n) is 2.63. The van der Waals surface area contributed by atoms with E-state index in [9.17, 15) is 14.4 Å². The van der Waals surface area contributed by atoms with Crippen molar-refractivity contribution in [1.82, 2.24) is 4.90 Å². The van der Waals surface area contributed by atoms with E-state index in [1.807, 2.05) is 19.1 Å². The minimum absolute atomic E-state index is 0.249. The monoisotopic (exact) mass is 340 g/mol. The third kappa shape index (κ3) is 2.69. The second kappa shape index (κ2) is 6.49. The van der Waals surface area contributed by atoms with Gasteiger partial charge in [-0.3, -0.25) is 19.3 Å². The Kier molecular flexibility index (Phi) is 4.40. The molecule has 0 fully saturated rings. The summed E-state index contributed by atoms with van der Waals surface area (Å²) in [6.07, 6.45) is 0. The van der Waals surface area contributed by atoms with Gasteiger partial charge in [-0.05, 0) is 30.0 Å². The molecule has 0 atom stereocenters. The SMILES string of the molecule is CCSc1ccccc1C(=O)Nc1cccc2c1C(=O)N(C)C2=O. The largest absolute Gasteiger partial charge is 0.321 e. The van der Waals surface area contributed by atoms with Gasteiger partial charge in [-0.1, -0.05) is 25.1 Å². The van der Waals surface area contributed by atoms with E-state index in [4.69, 9.17) is 0 Å². The van der Waals surface area contributed by atoms with E-state index in [2.05, 4.69) is 5.32 Å². The molecule has 0 saturated carbocycles. The van der Waals surface area contributed by atoms with Crippen LogP contribution in [0.15, 0.2) is 47.4 Å². The lowest BCUT2D eigenvalue weighted by Crippen LogP contribution is -2.24. The summed E-state index contributed by atoms with van der Waals surface area (Å²) < 4.78 is 0. The number of nitrogens with one attached hydrogen (secondary N) is 1. The van der Waals surface area contributed by atoms with Crippen molar-refractivity contribution in [3.63, 3.8) is 0 Å². The zero-order valence-electron chi connectivity index (χ0n) is 13.3. The van der Waals surface area contributed by atoms with Crippen LogP contribution in [0.5, 0.6) is 0 Å². The third-order valence-electron chi connectivity index (χ3n) is 3.80. The third-order valence-corrected chi connectivity index (χ3v) is 4.75. The molecule has 1 aliphatic heterocycles. The molecule has 0 aliphatic carbocycles. The topological polar surface area (TPSA) is 66.5 Å². The molecule has 0 saturated heterocycles. The summed E-state index contributed by atoms with van der Waals surface area (Å²) in [6, 6.07) is 12.2. The van der Waals surface area contributed by atoms with Gasteiger partial charge in [-0.15, -0.1) is 11.8 Å². The Morgan fingerprint density at radius 1 is 1.08 bits per heavy atom. The molecule has 0 spiro atoms. The van der Waals surface area contributed by atoms with Crippen LogP contribution < -0.4 is 5.32 Å². The average molecular weight is 340 g/mol. The number of amides is 3. The summed E-state index contributed by atoms with van der Waals surface area (Å²) in [7, 11) is 1.43. The van der Waals surface area contributed by atoms with Crippen LogP contribution in [0.4, 0.5) is 5.69 Å². The van der Waals surface area contributed by atoms with Crippen LogP contribution in [-0.4, -0.2) is 35.4 Å². The van der Waals surface area contributed by atoms with Gasteiger partial charge in [0.05, 0.1) is 22.4 Å². The van der Waals surface area contributed by atoms with Gasteiger partial charge in [-0.25, -0.2) is 0 Å². The fourth-order valence-corrected chi connectivity index (χ4v) is 3.43. The quantitative estimate of drug-likeness (QED) is 0.685. The smallest absolute Gasteiger partial charge is 0.263 e. The van der Waals surface area contributed by atoms with Crippen LogP contribution in [0.3, 0.4) is 0 Å². The Hall–Kier alpha value is -2.60. The summed E-state index contributed by atoms with van der Waals surface area (Å²) in [6.45, 7) is 2.02. The van der Waals surface area contributed by atoms with Gasteiger partial charge in [0.15, 0.2) is 0 Å². The van der Waals surface area contributed by atoms with Crippen LogP contribution in [0, 0.1) is 0 Å². The molecule has 3 rings (SSSR count). The molecule has 2 aromatic rings. The lowest BCUT2D eigenvalue weighted by atomic mass is 10.1. The van der Waals surface area contributed by atoms with E-state index in [0.29, 0.717) is 16.8 Å². The zero-order chi connectivity index (χ0) is 17.3. The number of hydrogen-bond acceptors (Lipinski definition) is 4. The highest BCUT2D eigenvalue weighted by Gasteiger charge is 2.35. The first-order chi connectivity index (χ1) is 11.5. The van der Waals surface area contributed by atoms with Crippen LogP contribution >= 0.6 is 11.8 Å². The first-order valence-corrected chi connectivity index (χ1v) is 8.51. The zero-order valence-corrected chi connectivity index (χ0v) is 14.1. The molecular formula is C18H16N2O3S. The van der Waals surface area contributed by atoms with Crippen molar-refractivity contribution in [2.75, 3.05) is 18.1 Å². The first kappa shape index (κ1) is 16.3. The molecule has 0 aromatic heterocycles. The average Bonchev–Trinajstić information content (AvgIpc) is 2.81. The predicted molar refractivity (Wildman–Crippen MR) is 93.7 cm³/mol. The Bertz CT molecular complexity index is 848. The van der Waals surface area contributed by atoms with Gasteiger partial charge < -0.3 is 5.32 Å². The second-order valence-electron chi connectivity index (χ2n) is 5.28. The highest BCUT2D eigenvalue weighted by molar-refractivity contribution is 7.99. The van der Waals surface area contributed by atoms with Crippen LogP contribution in [0.2, 0.25) is 0 Å². The molecular weight excluding hydrogens is 324 g/mol. The standard InChI is InChI=1S/C18H16N2O3S/c1-3-24-14-10-5-4-7-11(14)16(21)19-13-9-6-8-12-15(13)18(23)20(2)17(12)22/h4-10H,3H2,1-2H3,(H,19,21). The fraction of sp³-hybridized carbons (Fsp3) is 0.167. The van der Waals surface area contributed by atoms with E-state index in [1.165, 1.54) is 7.05 Å². The Morgan fingerprint density at radius 2 is 1.83 bits per heavy atom. The van der Waals surface area contributed by atoms with Crippen LogP contribution in [-0.2, 0) is 0 Å². The molecule has 0 unspecified atom stereocenters. The van der Waals surface area contributed by atoms with Crippen LogP contribution in [0.1, 0.15) is 38.0 Å². The molecule has 0 bridgehead atoms. The molecule has 1 heterocycles. The number of hydrogen-bond donors (Lipinski definition) is 1. The predicted octanol–water partition coefficient (Wildman–Crippen LogP) is 3.28. The number of thioether (sulfide) groups is 1. The first-order valence-electron chi connectivity index (χ1n) is 7.53. The number of nitrogens with zero attached hydrogens (tertiary/aromatic N) is 1. The molecule has 2 aromatic carbocycles. The van der Waals surface area contributed by atoms with Crippen LogP contribution in [0.25, 0.3) is 0 Å². The van der Waals surface area contributed by atoms with Crippen molar-refractivity contribution in [1.29, 1.82) is 0 Å². The van der Waals surface area contributed by atoms with Crippen molar-refractivity contribution >= 4 is 35.2 Å². The lowest BCUT2D eigenvalue weighted by molar-refractivity contribution is 0.0693. The number of rotatable bonds is 4. The maximum atomic E-state index is 12.6. The molecule has 6 heteroatoms. The van der Waals surface area contributed by atoms with E-state index in [-0.39, 0.29) is 17.4 Å². The number of anilines is 1. The Balaban J connectivity index is 1.95. The Morgan fingerprint density at radius 3 is 2.58 bits per heavy atom. The van der Waals surface area contributed by atoms with Gasteiger partial charge in [0.2, 0.25) is 0 Å². The van der Waals surface area contributed by atoms with Crippen molar-refractivity contribution in [2.24, 2.45) is 0 Å². The minimum atomic E-state index is -0.401. The molecule has 5 nitrogen and oxygen atoms in total. The maximum absolute atomic E-state index is 12.6. The Labute approximate surface area is 144 Å². The lowest BCUT2D eigenvalue weighted by Gasteiger charge is -2.11. The maximum Gasteiger partial charge on any atom is 0.263 e. The highest BCUT2D eigenvalue weighted by atomic mass is 32.2. The van der Waals surface area contributed by atoms with E-state index in [1.54, 1.807) is 42.1 Å². The number of benzene rings is 2. The van der Waals surface area contributed by atoms with E-state index >= 15 is 0 Å². The molecule has 1 N–H and O–H groups in total. The van der Waals surface area contributed by atoms with E-state index in [0.717, 1.165) is 15.5 Å². The van der Waals surface area contributed by atoms with Crippen molar-refractivity contribution < 1.29 is 14.4 Å². The molecule has 3 amide bonds. The number of fused-ring (bicyclic) bond motifs is 1. The normalized spacial score (nSPS) is 13.2. The van der Waals surface area contributed by atoms with Gasteiger partial charge in [0, 0.05) is 11.9 Å². The molecule has 122 valence electrons. The summed E-state index contributed by atoms with van der Waals surface area (Å²) in [4.78, 5) is 38.9. The molecule has 0 radical (unpaired) electrons. The highest BCUT2D eigenvalue weighted by Crippen LogP contribution is 2.29. The summed E-state index contributed by atoms with van der Waals surface area (Å²) in [5, 5.41) is 2.78. The van der Waals surface area contributed by atoms with Gasteiger partial charge >= 0.3 is 0 Å². The summed E-state index contributed by atoms with van der Waals surface area (Å²) in [5.41, 5.74) is 1.47. The summed E-state index contributed by atoms with van der Waals surface area (Å²) >= 11 is 1.58. The van der Waals surface area contributed by atoms with Gasteiger partial charge in [-0.2, -0.15) is 0 Å². The molecule has 24 heavy (non-hydrogen) atoms. The molecule has 1 aliphatic rings. The van der Waals surface area contributed by atoms with E-state index < -0.39 is 5.91 Å². The number of carbonyl (C=O) groups excluding carboxylic acids is 3.